The van der Waals surface area contributed by atoms with Crippen LogP contribution in [0, 0.1) is 0 Å². The minimum Gasteiger partial charge on any atom is -0.389 e. The number of unbranched alkanes of at least 4 members (excludes halogenated alkanes) is 12. The van der Waals surface area contributed by atoms with Crippen LogP contribution >= 0.6 is 0 Å². The first-order valence-electron chi connectivity index (χ1n) is 19.1. The van der Waals surface area contributed by atoms with Crippen molar-refractivity contribution in [2.24, 2.45) is 17.2 Å². The minimum absolute atomic E-state index is 0.0711. The summed E-state index contributed by atoms with van der Waals surface area (Å²) in [7, 11) is 0. The molecule has 1 aliphatic carbocycles. The summed E-state index contributed by atoms with van der Waals surface area (Å²) in [6.07, 6.45) is 0.680. The molecule has 3 rings (SSSR count). The van der Waals surface area contributed by atoms with Gasteiger partial charge < -0.3 is 72.1 Å². The fourth-order valence-electron chi connectivity index (χ4n) is 7.17. The first kappa shape index (κ1) is 43.4. The molecule has 15 atom stereocenters. The van der Waals surface area contributed by atoms with Gasteiger partial charge in [0, 0.05) is 25.0 Å². The highest BCUT2D eigenvalue weighted by Gasteiger charge is 2.51. The molecule has 3 aliphatic rings. The summed E-state index contributed by atoms with van der Waals surface area (Å²) in [6.45, 7) is 3.90. The van der Waals surface area contributed by atoms with E-state index >= 15 is 0 Å². The van der Waals surface area contributed by atoms with E-state index in [4.69, 9.17) is 36.1 Å². The van der Waals surface area contributed by atoms with Gasteiger partial charge in [0.1, 0.15) is 48.8 Å². The fourth-order valence-corrected chi connectivity index (χ4v) is 7.17. The lowest BCUT2D eigenvalue weighted by molar-refractivity contribution is -0.332. The molecule has 2 heterocycles. The molecule has 0 radical (unpaired) electrons. The van der Waals surface area contributed by atoms with Gasteiger partial charge in [0.2, 0.25) is 5.91 Å². The zero-order valence-electron chi connectivity index (χ0n) is 30.1. The number of hydrogen-bond donors (Lipinski definition) is 10. The predicted molar refractivity (Wildman–Crippen MR) is 185 cm³/mol. The number of carbonyl (C=O) groups excluding carboxylic acids is 1. The number of nitrogens with one attached hydrogen (secondary N) is 1. The fraction of sp³-hybridized carbons (Fsp3) is 0.971. The average molecular weight is 721 g/mol. The number of hydrogen-bond acceptors (Lipinski definition) is 14. The zero-order chi connectivity index (χ0) is 36.8. The molecule has 7 unspecified atom stereocenters. The maximum absolute atomic E-state index is 12.6. The van der Waals surface area contributed by atoms with Crippen molar-refractivity contribution in [2.45, 2.75) is 208 Å². The van der Waals surface area contributed by atoms with Gasteiger partial charge in [-0.1, -0.05) is 90.9 Å². The highest BCUT2D eigenvalue weighted by atomic mass is 16.7. The molecule has 1 amide bonds. The van der Waals surface area contributed by atoms with Gasteiger partial charge in [-0.15, -0.1) is 0 Å². The Morgan fingerprint density at radius 2 is 1.10 bits per heavy atom. The van der Waals surface area contributed by atoms with E-state index in [0.717, 1.165) is 19.3 Å². The van der Waals surface area contributed by atoms with Crippen molar-refractivity contribution in [1.29, 1.82) is 0 Å². The molecular formula is C35H68N4O11. The van der Waals surface area contributed by atoms with Gasteiger partial charge in [0.05, 0.1) is 18.2 Å². The van der Waals surface area contributed by atoms with E-state index in [-0.39, 0.29) is 18.9 Å². The van der Waals surface area contributed by atoms with E-state index in [1.54, 1.807) is 6.92 Å². The third-order valence-electron chi connectivity index (χ3n) is 10.5. The summed E-state index contributed by atoms with van der Waals surface area (Å²) >= 11 is 0. The Hall–Kier alpha value is -1.05. The highest BCUT2D eigenvalue weighted by Crippen LogP contribution is 2.32. The molecule has 0 bridgehead atoms. The molecule has 15 heteroatoms. The van der Waals surface area contributed by atoms with E-state index in [2.05, 4.69) is 12.2 Å². The van der Waals surface area contributed by atoms with Crippen molar-refractivity contribution in [3.05, 3.63) is 0 Å². The number of aliphatic hydroxyl groups is 6. The standard InChI is InChI=1S/C35H68N4O11/c1-3-5-6-7-8-9-10-11-12-13-14-15-16-17-24(40)39-19-23-26(41)25(38)28(43)34(48-23)49-32-20(36)18-21(37)33(31(32)46)50-35-30(45)29(44)27(42)22(4-2)47-35/h20-23,25-35,41-46H,3-19,36-38H2,1-2H3,(H,39,40)/t20-,21+,22?,23?,25+,26-,27-,28?,29?,30?,31?,32+,33?,34-,35-/m1/s1. The van der Waals surface area contributed by atoms with Gasteiger partial charge in [-0.05, 0) is 19.3 Å². The number of aliphatic hydroxyl groups excluding tert-OH is 6. The van der Waals surface area contributed by atoms with E-state index in [1.165, 1.54) is 64.2 Å². The van der Waals surface area contributed by atoms with Crippen LogP contribution in [0.4, 0.5) is 0 Å². The molecule has 2 aliphatic heterocycles. The maximum Gasteiger partial charge on any atom is 0.220 e. The molecule has 15 nitrogen and oxygen atoms in total. The van der Waals surface area contributed by atoms with Gasteiger partial charge >= 0.3 is 0 Å². The molecule has 0 aromatic rings. The third kappa shape index (κ3) is 12.5. The number of rotatable bonds is 21. The SMILES string of the molecule is CCCCCCCCCCCCCCCC(=O)NCC1O[C@H](O[C@@H]2C(O)C(O[C@H]3OC(CC)[C@@H](O)C(O)C3O)[C@@H](N)C[C@H]2N)C(O)[C@@H](N)[C@@H]1O. The smallest absolute Gasteiger partial charge is 0.220 e. The van der Waals surface area contributed by atoms with Crippen LogP contribution in [0.25, 0.3) is 0 Å². The Balaban J connectivity index is 1.43. The zero-order valence-corrected chi connectivity index (χ0v) is 30.1. The summed E-state index contributed by atoms with van der Waals surface area (Å²) in [4.78, 5) is 12.6. The molecule has 50 heavy (non-hydrogen) atoms. The topological polar surface area (TPSA) is 265 Å². The van der Waals surface area contributed by atoms with Crippen molar-refractivity contribution in [3.63, 3.8) is 0 Å². The second-order valence-corrected chi connectivity index (χ2v) is 14.6. The van der Waals surface area contributed by atoms with Crippen molar-refractivity contribution in [2.75, 3.05) is 6.54 Å². The monoisotopic (exact) mass is 720 g/mol. The van der Waals surface area contributed by atoms with Crippen molar-refractivity contribution in [1.82, 2.24) is 5.32 Å². The van der Waals surface area contributed by atoms with Gasteiger partial charge in [-0.2, -0.15) is 0 Å². The second kappa shape index (κ2) is 22.2. The highest BCUT2D eigenvalue weighted by molar-refractivity contribution is 5.75. The molecule has 0 aromatic carbocycles. The number of ether oxygens (including phenoxy) is 4. The molecule has 0 spiro atoms. The average Bonchev–Trinajstić information content (AvgIpc) is 3.09. The minimum atomic E-state index is -1.62. The van der Waals surface area contributed by atoms with Gasteiger partial charge in [-0.3, -0.25) is 4.79 Å². The predicted octanol–water partition coefficient (Wildman–Crippen LogP) is -0.235. The summed E-state index contributed by atoms with van der Waals surface area (Å²) in [6, 6.07) is -2.84. The van der Waals surface area contributed by atoms with Crippen LogP contribution in [0.5, 0.6) is 0 Å². The molecule has 294 valence electrons. The lowest BCUT2D eigenvalue weighted by atomic mass is 9.84. The normalized spacial score (nSPS) is 39.4. The lowest BCUT2D eigenvalue weighted by Crippen LogP contribution is -2.68. The van der Waals surface area contributed by atoms with Crippen LogP contribution < -0.4 is 22.5 Å². The largest absolute Gasteiger partial charge is 0.389 e. The number of carbonyl (C=O) groups is 1. The van der Waals surface area contributed by atoms with Gasteiger partial charge in [0.15, 0.2) is 12.6 Å². The summed E-state index contributed by atoms with van der Waals surface area (Å²) in [5, 5.41) is 66.5. The summed E-state index contributed by atoms with van der Waals surface area (Å²) in [5.74, 6) is -0.185. The van der Waals surface area contributed by atoms with E-state index < -0.39 is 91.7 Å². The quantitative estimate of drug-likeness (QED) is 0.0687. The summed E-state index contributed by atoms with van der Waals surface area (Å²) < 4.78 is 23.3. The van der Waals surface area contributed by atoms with Crippen molar-refractivity contribution in [3.8, 4) is 0 Å². The van der Waals surface area contributed by atoms with Crippen LogP contribution in [0.2, 0.25) is 0 Å². The van der Waals surface area contributed by atoms with Crippen LogP contribution in [-0.2, 0) is 23.7 Å². The van der Waals surface area contributed by atoms with Crippen molar-refractivity contribution >= 4 is 5.91 Å². The van der Waals surface area contributed by atoms with Crippen LogP contribution in [0.15, 0.2) is 0 Å². The van der Waals surface area contributed by atoms with Crippen LogP contribution in [0.1, 0.15) is 117 Å². The third-order valence-corrected chi connectivity index (χ3v) is 10.5. The van der Waals surface area contributed by atoms with Crippen LogP contribution in [0.3, 0.4) is 0 Å². The Bertz CT molecular complexity index is 954. The van der Waals surface area contributed by atoms with Crippen LogP contribution in [-0.4, -0.2) is 135 Å². The van der Waals surface area contributed by atoms with Crippen molar-refractivity contribution < 1.29 is 54.4 Å². The van der Waals surface area contributed by atoms with Gasteiger partial charge in [-0.25, -0.2) is 0 Å². The molecule has 2 saturated heterocycles. The molecular weight excluding hydrogens is 652 g/mol. The maximum atomic E-state index is 12.6. The lowest BCUT2D eigenvalue weighted by Gasteiger charge is -2.48. The molecule has 13 N–H and O–H groups in total. The molecule has 3 fully saturated rings. The number of amides is 1. The van der Waals surface area contributed by atoms with E-state index in [1.807, 2.05) is 0 Å². The second-order valence-electron chi connectivity index (χ2n) is 14.6. The summed E-state index contributed by atoms with van der Waals surface area (Å²) in [5.41, 5.74) is 18.7. The first-order valence-corrected chi connectivity index (χ1v) is 19.1. The number of nitrogens with two attached hydrogens (primary N) is 3. The first-order chi connectivity index (χ1) is 23.9. The Morgan fingerprint density at radius 1 is 0.620 bits per heavy atom. The van der Waals surface area contributed by atoms with E-state index in [0.29, 0.717) is 12.8 Å². The Kier molecular flexibility index (Phi) is 19.3. The van der Waals surface area contributed by atoms with E-state index in [9.17, 15) is 35.4 Å². The molecule has 0 aromatic heterocycles. The van der Waals surface area contributed by atoms with Gasteiger partial charge in [0.25, 0.3) is 0 Å². The molecule has 1 saturated carbocycles. The Morgan fingerprint density at radius 3 is 1.62 bits per heavy atom. The Labute approximate surface area is 297 Å².